The van der Waals surface area contributed by atoms with E-state index in [0.29, 0.717) is 17.5 Å². The third-order valence-corrected chi connectivity index (χ3v) is 9.83. The third kappa shape index (κ3) is 3.69. The van der Waals surface area contributed by atoms with Gasteiger partial charge in [-0.05, 0) is 0 Å². The molecule has 0 saturated heterocycles. The Morgan fingerprint density at radius 2 is 1.00 bits per heavy atom. The van der Waals surface area contributed by atoms with Crippen LogP contribution in [0.15, 0.2) is 127 Å². The Labute approximate surface area is 231 Å². The Morgan fingerprint density at radius 3 is 1.69 bits per heavy atom. The van der Waals surface area contributed by atoms with Gasteiger partial charge in [-0.1, -0.05) is 0 Å². The molecule has 0 atom stereocenters. The maximum absolute atomic E-state index is 5.04. The molecular formula is C35H21N3Se. The van der Waals surface area contributed by atoms with Gasteiger partial charge in [0.25, 0.3) is 0 Å². The monoisotopic (exact) mass is 563 g/mol. The summed E-state index contributed by atoms with van der Waals surface area (Å²) < 4.78 is 2.92. The fourth-order valence-electron chi connectivity index (χ4n) is 5.49. The van der Waals surface area contributed by atoms with Gasteiger partial charge in [-0.3, -0.25) is 0 Å². The first kappa shape index (κ1) is 22.4. The molecule has 0 aliphatic heterocycles. The number of hydrogen-bond acceptors (Lipinski definition) is 3. The van der Waals surface area contributed by atoms with E-state index in [1.807, 2.05) is 36.4 Å². The predicted molar refractivity (Wildman–Crippen MR) is 163 cm³/mol. The molecule has 8 aromatic rings. The fourth-order valence-corrected chi connectivity index (χ4v) is 8.15. The van der Waals surface area contributed by atoms with Gasteiger partial charge in [-0.25, -0.2) is 0 Å². The van der Waals surface area contributed by atoms with Crippen molar-refractivity contribution in [2.45, 2.75) is 0 Å². The Bertz CT molecular complexity index is 2110. The Balaban J connectivity index is 1.45. The van der Waals surface area contributed by atoms with Crippen LogP contribution in [0.3, 0.4) is 0 Å². The molecule has 182 valence electrons. The molecule has 39 heavy (non-hydrogen) atoms. The topological polar surface area (TPSA) is 38.7 Å². The molecule has 0 unspecified atom stereocenters. The second-order valence-corrected chi connectivity index (χ2v) is 11.9. The quantitative estimate of drug-likeness (QED) is 0.160. The van der Waals surface area contributed by atoms with E-state index >= 15 is 0 Å². The van der Waals surface area contributed by atoms with E-state index in [9.17, 15) is 0 Å². The van der Waals surface area contributed by atoms with Crippen molar-refractivity contribution in [2.75, 3.05) is 0 Å². The molecule has 0 saturated carbocycles. The van der Waals surface area contributed by atoms with Gasteiger partial charge in [0.1, 0.15) is 0 Å². The van der Waals surface area contributed by atoms with E-state index in [1.165, 1.54) is 35.5 Å². The molecule has 0 bridgehead atoms. The van der Waals surface area contributed by atoms with Crippen molar-refractivity contribution >= 4 is 55.3 Å². The zero-order valence-electron chi connectivity index (χ0n) is 20.9. The zero-order valence-corrected chi connectivity index (χ0v) is 22.6. The van der Waals surface area contributed by atoms with Crippen LogP contribution in [0.4, 0.5) is 0 Å². The summed E-state index contributed by atoms with van der Waals surface area (Å²) in [4.78, 5) is 15.0. The first-order valence-electron chi connectivity index (χ1n) is 13.0. The molecule has 3 nitrogen and oxygen atoms in total. The van der Waals surface area contributed by atoms with Crippen LogP contribution in [0, 0.1) is 0 Å². The minimum absolute atomic E-state index is 0.268. The van der Waals surface area contributed by atoms with Gasteiger partial charge in [0.2, 0.25) is 0 Å². The zero-order chi connectivity index (χ0) is 25.8. The van der Waals surface area contributed by atoms with Crippen LogP contribution in [-0.2, 0) is 0 Å². The molecule has 0 N–H and O–H groups in total. The van der Waals surface area contributed by atoms with E-state index in [1.54, 1.807) is 0 Å². The van der Waals surface area contributed by atoms with Crippen LogP contribution in [0.1, 0.15) is 0 Å². The van der Waals surface area contributed by atoms with Gasteiger partial charge < -0.3 is 0 Å². The van der Waals surface area contributed by atoms with Gasteiger partial charge in [-0.15, -0.1) is 0 Å². The minimum atomic E-state index is 0.268. The van der Waals surface area contributed by atoms with Crippen molar-refractivity contribution in [1.29, 1.82) is 0 Å². The average molecular weight is 563 g/mol. The molecule has 0 aliphatic rings. The number of fused-ring (bicyclic) bond motifs is 7. The maximum atomic E-state index is 5.04. The van der Waals surface area contributed by atoms with E-state index < -0.39 is 0 Å². The number of hydrogen-bond donors (Lipinski definition) is 0. The predicted octanol–water partition coefficient (Wildman–Crippen LogP) is 8.54. The number of nitrogens with zero attached hydrogens (tertiary/aromatic N) is 3. The summed E-state index contributed by atoms with van der Waals surface area (Å²) in [5, 5.41) is 7.73. The van der Waals surface area contributed by atoms with E-state index in [2.05, 4.69) is 91.0 Å². The van der Waals surface area contributed by atoms with Crippen LogP contribution < -0.4 is 0 Å². The standard InChI is InChI=1S/C35H21N3Se/c1-3-11-22(12-4-1)33-36-34(23-13-5-2-6-14-23)38-35(37-33)29-21-24-19-20-28-26-16-9-10-18-30(26)39-32(28)31(24)27-17-8-7-15-25(27)29/h1-21H. The normalized spacial score (nSPS) is 11.6. The van der Waals surface area contributed by atoms with Gasteiger partial charge in [-0.2, -0.15) is 0 Å². The van der Waals surface area contributed by atoms with Gasteiger partial charge in [0, 0.05) is 0 Å². The van der Waals surface area contributed by atoms with Crippen LogP contribution in [0.2, 0.25) is 0 Å². The molecule has 4 heteroatoms. The first-order valence-corrected chi connectivity index (χ1v) is 14.7. The number of aromatic nitrogens is 3. The van der Waals surface area contributed by atoms with Gasteiger partial charge in [0.05, 0.1) is 0 Å². The molecule has 2 aromatic heterocycles. The molecular weight excluding hydrogens is 541 g/mol. The van der Waals surface area contributed by atoms with Crippen molar-refractivity contribution in [3.63, 3.8) is 0 Å². The molecule has 2 heterocycles. The molecule has 0 amide bonds. The van der Waals surface area contributed by atoms with Gasteiger partial charge >= 0.3 is 232 Å². The Kier molecular flexibility index (Phi) is 5.15. The van der Waals surface area contributed by atoms with Crippen LogP contribution in [0.25, 0.3) is 75.0 Å². The molecule has 6 aromatic carbocycles. The molecule has 0 fully saturated rings. The van der Waals surface area contributed by atoms with Crippen LogP contribution in [0.5, 0.6) is 0 Å². The van der Waals surface area contributed by atoms with Crippen molar-refractivity contribution in [3.05, 3.63) is 127 Å². The second-order valence-electron chi connectivity index (χ2n) is 9.65. The number of rotatable bonds is 3. The molecule has 0 spiro atoms. The summed E-state index contributed by atoms with van der Waals surface area (Å²) in [6.07, 6.45) is 0. The average Bonchev–Trinajstić information content (AvgIpc) is 3.40. The second kappa shape index (κ2) is 8.99. The Morgan fingerprint density at radius 1 is 0.436 bits per heavy atom. The molecule has 8 rings (SSSR count). The fraction of sp³-hybridized carbons (Fsp3) is 0. The third-order valence-electron chi connectivity index (χ3n) is 7.31. The van der Waals surface area contributed by atoms with Crippen molar-refractivity contribution < 1.29 is 0 Å². The summed E-state index contributed by atoms with van der Waals surface area (Å²) in [7, 11) is 0. The van der Waals surface area contributed by atoms with Crippen LogP contribution >= 0.6 is 0 Å². The van der Waals surface area contributed by atoms with Crippen molar-refractivity contribution in [3.8, 4) is 34.2 Å². The van der Waals surface area contributed by atoms with Crippen molar-refractivity contribution in [1.82, 2.24) is 15.0 Å². The number of benzene rings is 6. The first-order chi connectivity index (χ1) is 19.3. The summed E-state index contributed by atoms with van der Waals surface area (Å²) in [5.74, 6) is 2.04. The van der Waals surface area contributed by atoms with Gasteiger partial charge in [0.15, 0.2) is 0 Å². The molecule has 0 aliphatic carbocycles. The van der Waals surface area contributed by atoms with Crippen LogP contribution in [-0.4, -0.2) is 29.5 Å². The van der Waals surface area contributed by atoms with E-state index in [0.717, 1.165) is 22.1 Å². The molecule has 0 radical (unpaired) electrons. The van der Waals surface area contributed by atoms with Crippen molar-refractivity contribution in [2.24, 2.45) is 0 Å². The van der Waals surface area contributed by atoms with E-state index in [4.69, 9.17) is 15.0 Å². The summed E-state index contributed by atoms with van der Waals surface area (Å²) >= 11 is 0.268. The Hall–Kier alpha value is -4.63. The summed E-state index contributed by atoms with van der Waals surface area (Å²) in [6, 6.07) is 44.7. The summed E-state index contributed by atoms with van der Waals surface area (Å²) in [6.45, 7) is 0. The summed E-state index contributed by atoms with van der Waals surface area (Å²) in [5.41, 5.74) is 2.97. The SMILES string of the molecule is c1ccc(-c2nc(-c3ccccc3)nc(-c3cc4ccc5c6ccccc6[se]c5c4c4ccccc34)n2)cc1. The van der Waals surface area contributed by atoms with E-state index in [-0.39, 0.29) is 14.5 Å².